The van der Waals surface area contributed by atoms with Crippen molar-refractivity contribution < 1.29 is 28.2 Å². The predicted molar refractivity (Wildman–Crippen MR) is 61.7 cm³/mol. The minimum absolute atomic E-state index is 0.0817. The number of nitrogens with zero attached hydrogens (tertiary/aromatic N) is 2. The van der Waals surface area contributed by atoms with Gasteiger partial charge in [0.1, 0.15) is 0 Å². The van der Waals surface area contributed by atoms with E-state index in [4.69, 9.17) is 5.11 Å². The third-order valence-electron chi connectivity index (χ3n) is 3.19. The molecule has 0 aromatic carbocycles. The van der Waals surface area contributed by atoms with Crippen molar-refractivity contribution >= 4 is 5.97 Å². The zero-order chi connectivity index (χ0) is 14.8. The van der Waals surface area contributed by atoms with Gasteiger partial charge in [-0.3, -0.25) is 9.69 Å². The number of hydrogen-bond donors (Lipinski definition) is 2. The van der Waals surface area contributed by atoms with Crippen LogP contribution in [0.1, 0.15) is 6.42 Å². The van der Waals surface area contributed by atoms with Crippen LogP contribution in [-0.4, -0.2) is 78.0 Å². The van der Waals surface area contributed by atoms with E-state index in [2.05, 4.69) is 0 Å². The lowest BCUT2D eigenvalue weighted by atomic mass is 10.1. The van der Waals surface area contributed by atoms with Crippen LogP contribution in [0.3, 0.4) is 0 Å². The fourth-order valence-electron chi connectivity index (χ4n) is 2.35. The van der Waals surface area contributed by atoms with Crippen molar-refractivity contribution in [3.8, 4) is 0 Å². The highest BCUT2D eigenvalue weighted by atomic mass is 19.4. The summed E-state index contributed by atoms with van der Waals surface area (Å²) in [7, 11) is 3.56. The van der Waals surface area contributed by atoms with E-state index in [0.29, 0.717) is 13.0 Å². The van der Waals surface area contributed by atoms with Crippen LogP contribution in [0.25, 0.3) is 0 Å². The van der Waals surface area contributed by atoms with Crippen molar-refractivity contribution in [2.75, 3.05) is 33.7 Å². The second-order valence-corrected chi connectivity index (χ2v) is 5.19. The van der Waals surface area contributed by atoms with Crippen LogP contribution in [0.15, 0.2) is 0 Å². The maximum Gasteiger partial charge on any atom is 0.403 e. The van der Waals surface area contributed by atoms with Gasteiger partial charge >= 0.3 is 12.1 Å². The molecule has 1 fully saturated rings. The number of alkyl halides is 3. The van der Waals surface area contributed by atoms with E-state index in [9.17, 15) is 23.1 Å². The van der Waals surface area contributed by atoms with Crippen molar-refractivity contribution in [1.82, 2.24) is 9.80 Å². The van der Waals surface area contributed by atoms with Gasteiger partial charge in [0.05, 0.1) is 6.10 Å². The Hall–Kier alpha value is -0.860. The topological polar surface area (TPSA) is 64.0 Å². The highest BCUT2D eigenvalue weighted by Crippen LogP contribution is 2.30. The van der Waals surface area contributed by atoms with Crippen LogP contribution in [0.4, 0.5) is 13.2 Å². The van der Waals surface area contributed by atoms with Crippen LogP contribution in [0.5, 0.6) is 0 Å². The van der Waals surface area contributed by atoms with Crippen LogP contribution in [-0.2, 0) is 4.79 Å². The van der Waals surface area contributed by atoms with Crippen molar-refractivity contribution in [3.05, 3.63) is 0 Å². The van der Waals surface area contributed by atoms with Crippen LogP contribution >= 0.6 is 0 Å². The van der Waals surface area contributed by atoms with Crippen molar-refractivity contribution in [3.63, 3.8) is 0 Å². The minimum atomic E-state index is -4.78. The van der Waals surface area contributed by atoms with Gasteiger partial charge in [-0.25, -0.2) is 0 Å². The largest absolute Gasteiger partial charge is 0.481 e. The molecule has 5 nitrogen and oxygen atoms in total. The fraction of sp³-hybridized carbons (Fsp3) is 0.909. The first kappa shape index (κ1) is 16.2. The van der Waals surface area contributed by atoms with E-state index < -0.39 is 30.7 Å². The fourth-order valence-corrected chi connectivity index (χ4v) is 2.35. The van der Waals surface area contributed by atoms with Crippen molar-refractivity contribution in [2.24, 2.45) is 5.92 Å². The molecular weight excluding hydrogens is 265 g/mol. The maximum atomic E-state index is 12.6. The van der Waals surface area contributed by atoms with Crippen LogP contribution in [0, 0.1) is 5.92 Å². The summed E-state index contributed by atoms with van der Waals surface area (Å²) in [5.41, 5.74) is 0. The van der Waals surface area contributed by atoms with E-state index >= 15 is 0 Å². The molecule has 0 aromatic rings. The number of hydrogen-bond acceptors (Lipinski definition) is 4. The van der Waals surface area contributed by atoms with E-state index in [1.54, 1.807) is 19.0 Å². The van der Waals surface area contributed by atoms with Crippen molar-refractivity contribution in [2.45, 2.75) is 24.7 Å². The van der Waals surface area contributed by atoms with E-state index in [1.807, 2.05) is 0 Å². The first-order valence-electron chi connectivity index (χ1n) is 5.97. The average Bonchev–Trinajstić information content (AvgIpc) is 2.51. The number of halogens is 3. The first-order valence-corrected chi connectivity index (χ1v) is 5.97. The molecule has 2 N–H and O–H groups in total. The van der Waals surface area contributed by atoms with Gasteiger partial charge in [0.25, 0.3) is 0 Å². The van der Waals surface area contributed by atoms with Crippen LogP contribution < -0.4 is 0 Å². The highest BCUT2D eigenvalue weighted by molar-refractivity contribution is 5.71. The molecule has 0 amide bonds. The second-order valence-electron chi connectivity index (χ2n) is 5.19. The maximum absolute atomic E-state index is 12.6. The number of aliphatic hydroxyl groups excluding tert-OH is 1. The first-order chi connectivity index (χ1) is 8.61. The minimum Gasteiger partial charge on any atom is -0.481 e. The molecule has 1 saturated heterocycles. The number of carboxylic acids is 1. The zero-order valence-electron chi connectivity index (χ0n) is 10.9. The number of aliphatic hydroxyl groups is 1. The Morgan fingerprint density at radius 1 is 1.47 bits per heavy atom. The Morgan fingerprint density at radius 2 is 2.05 bits per heavy atom. The number of rotatable bonds is 5. The van der Waals surface area contributed by atoms with Crippen molar-refractivity contribution in [1.29, 1.82) is 0 Å². The smallest absolute Gasteiger partial charge is 0.403 e. The van der Waals surface area contributed by atoms with Gasteiger partial charge in [-0.2, -0.15) is 13.2 Å². The third-order valence-corrected chi connectivity index (χ3v) is 3.19. The van der Waals surface area contributed by atoms with Gasteiger partial charge in [-0.15, -0.1) is 0 Å². The van der Waals surface area contributed by atoms with Crippen LogP contribution in [0.2, 0.25) is 0 Å². The Morgan fingerprint density at radius 3 is 2.47 bits per heavy atom. The highest BCUT2D eigenvalue weighted by Gasteiger charge is 2.47. The van der Waals surface area contributed by atoms with Gasteiger partial charge in [0.2, 0.25) is 0 Å². The average molecular weight is 284 g/mol. The zero-order valence-corrected chi connectivity index (χ0v) is 10.9. The molecule has 1 rings (SSSR count). The number of likely N-dealkylation sites (N-methyl/N-ethyl adjacent to an activating group) is 1. The summed E-state index contributed by atoms with van der Waals surface area (Å²) in [4.78, 5) is 13.9. The van der Waals surface area contributed by atoms with Gasteiger partial charge in [0, 0.05) is 25.7 Å². The molecule has 0 aliphatic carbocycles. The lowest BCUT2D eigenvalue weighted by Crippen LogP contribution is -2.45. The standard InChI is InChI=1S/C11H19F3N2O3/c1-15(2)4-7-3-8(17)5-16(7)6-9(10(18)19)11(12,13)14/h7-9,17H,3-6H2,1-2H3,(H,18,19). The lowest BCUT2D eigenvalue weighted by Gasteiger charge is -2.29. The Bertz CT molecular complexity index is 323. The molecular formula is C11H19F3N2O3. The summed E-state index contributed by atoms with van der Waals surface area (Å²) in [6.07, 6.45) is -5.11. The van der Waals surface area contributed by atoms with Gasteiger partial charge < -0.3 is 15.1 Å². The molecule has 1 heterocycles. The summed E-state index contributed by atoms with van der Waals surface area (Å²) >= 11 is 0. The normalized spacial score (nSPS) is 26.9. The molecule has 8 heteroatoms. The molecule has 0 saturated carbocycles. The third kappa shape index (κ3) is 4.63. The summed E-state index contributed by atoms with van der Waals surface area (Å²) in [6, 6.07) is -0.255. The molecule has 3 unspecified atom stereocenters. The Kier molecular flexibility index (Phi) is 5.17. The molecule has 0 aromatic heterocycles. The molecule has 0 spiro atoms. The van der Waals surface area contributed by atoms with Gasteiger partial charge in [-0.1, -0.05) is 0 Å². The molecule has 112 valence electrons. The molecule has 1 aliphatic heterocycles. The summed E-state index contributed by atoms with van der Waals surface area (Å²) in [6.45, 7) is -0.0476. The molecule has 1 aliphatic rings. The number of carboxylic acid groups (broad SMARTS) is 1. The van der Waals surface area contributed by atoms with E-state index in [-0.39, 0.29) is 12.6 Å². The molecule has 0 radical (unpaired) electrons. The second kappa shape index (κ2) is 6.06. The number of carbonyl (C=O) groups is 1. The summed E-state index contributed by atoms with van der Waals surface area (Å²) in [5.74, 6) is -4.29. The SMILES string of the molecule is CN(C)CC1CC(O)CN1CC(C(=O)O)C(F)(F)F. The molecule has 0 bridgehead atoms. The van der Waals surface area contributed by atoms with E-state index in [1.165, 1.54) is 4.90 Å². The lowest BCUT2D eigenvalue weighted by molar-refractivity contribution is -0.197. The summed E-state index contributed by atoms with van der Waals surface area (Å²) < 4.78 is 37.9. The monoisotopic (exact) mass is 284 g/mol. The Labute approximate surface area is 109 Å². The number of β-amino-alcohol motifs (C(OH)–C–C–N with tert-alkyl or cyclic N) is 1. The summed E-state index contributed by atoms with van der Waals surface area (Å²) in [5, 5.41) is 18.2. The quantitative estimate of drug-likeness (QED) is 0.757. The predicted octanol–water partition coefficient (Wildman–Crippen LogP) is 0.246. The number of likely N-dealkylation sites (tertiary alicyclic amines) is 1. The molecule has 19 heavy (non-hydrogen) atoms. The van der Waals surface area contributed by atoms with E-state index in [0.717, 1.165) is 0 Å². The number of aliphatic carboxylic acids is 1. The molecule has 3 atom stereocenters. The van der Waals surface area contributed by atoms with Gasteiger partial charge in [0.15, 0.2) is 5.92 Å². The Balaban J connectivity index is 2.74. The van der Waals surface area contributed by atoms with Gasteiger partial charge in [-0.05, 0) is 20.5 Å².